The highest BCUT2D eigenvalue weighted by Gasteiger charge is 2.33. The van der Waals surface area contributed by atoms with Gasteiger partial charge in [-0.05, 0) is 55.3 Å². The Hall–Kier alpha value is -2.44. The Morgan fingerprint density at radius 3 is 2.47 bits per heavy atom. The fraction of sp³-hybridized carbons (Fsp3) is 0.500. The summed E-state index contributed by atoms with van der Waals surface area (Å²) in [4.78, 5) is 20.1. The van der Waals surface area contributed by atoms with Crippen LogP contribution in [0.4, 0.5) is 4.39 Å². The van der Waals surface area contributed by atoms with Crippen LogP contribution >= 0.6 is 0 Å². The summed E-state index contributed by atoms with van der Waals surface area (Å²) >= 11 is 0. The van der Waals surface area contributed by atoms with E-state index in [1.54, 1.807) is 13.2 Å². The molecule has 2 fully saturated rings. The monoisotopic (exact) mass is 439 g/mol. The maximum Gasteiger partial charge on any atom is 0.240 e. The molecular weight excluding hydrogens is 405 g/mol. The van der Waals surface area contributed by atoms with Crippen molar-refractivity contribution in [3.8, 4) is 16.9 Å². The number of piperazine rings is 1. The second kappa shape index (κ2) is 10.5. The number of likely N-dealkylation sites (tertiary alicyclic amines) is 1. The van der Waals surface area contributed by atoms with E-state index in [4.69, 9.17) is 4.74 Å². The Bertz CT molecular complexity index is 910. The number of nitrogens with zero attached hydrogens (tertiary/aromatic N) is 3. The van der Waals surface area contributed by atoms with Gasteiger partial charge in [-0.1, -0.05) is 37.6 Å². The summed E-state index contributed by atoms with van der Waals surface area (Å²) in [6, 6.07) is 12.7. The van der Waals surface area contributed by atoms with Crippen LogP contribution in [0.1, 0.15) is 31.7 Å². The third-order valence-electron chi connectivity index (χ3n) is 6.84. The van der Waals surface area contributed by atoms with Crippen LogP contribution < -0.4 is 4.74 Å². The largest absolute Gasteiger partial charge is 0.496 e. The lowest BCUT2D eigenvalue weighted by Gasteiger charge is -2.40. The minimum Gasteiger partial charge on any atom is -0.496 e. The average Bonchev–Trinajstić information content (AvgIpc) is 2.84. The van der Waals surface area contributed by atoms with E-state index in [1.807, 2.05) is 12.1 Å². The van der Waals surface area contributed by atoms with Crippen molar-refractivity contribution in [1.29, 1.82) is 0 Å². The fourth-order valence-corrected chi connectivity index (χ4v) is 4.89. The number of hydrogen-bond donors (Lipinski definition) is 0. The molecule has 6 heteroatoms. The molecule has 0 saturated carbocycles. The predicted octanol–water partition coefficient (Wildman–Crippen LogP) is 4.02. The second-order valence-electron chi connectivity index (χ2n) is 8.78. The van der Waals surface area contributed by atoms with Crippen molar-refractivity contribution in [2.75, 3.05) is 46.4 Å². The molecule has 0 radical (unpaired) electrons. The molecule has 2 heterocycles. The highest BCUT2D eigenvalue weighted by atomic mass is 19.1. The van der Waals surface area contributed by atoms with Crippen molar-refractivity contribution in [2.24, 2.45) is 0 Å². The van der Waals surface area contributed by atoms with Crippen molar-refractivity contribution in [1.82, 2.24) is 14.7 Å². The normalized spacial score (nSPS) is 20.3. The summed E-state index contributed by atoms with van der Waals surface area (Å²) in [6.45, 7) is 8.55. The van der Waals surface area contributed by atoms with E-state index in [0.717, 1.165) is 76.2 Å². The van der Waals surface area contributed by atoms with Crippen LogP contribution in [-0.2, 0) is 11.3 Å². The lowest BCUT2D eigenvalue weighted by molar-refractivity contribution is -0.140. The summed E-state index contributed by atoms with van der Waals surface area (Å²) in [5.41, 5.74) is 2.83. The first-order valence-electron chi connectivity index (χ1n) is 11.8. The number of likely N-dealkylation sites (N-methyl/N-ethyl adjacent to an activating group) is 1. The number of hydrogen-bond acceptors (Lipinski definition) is 4. The summed E-state index contributed by atoms with van der Waals surface area (Å²) in [7, 11) is 1.60. The van der Waals surface area contributed by atoms with Gasteiger partial charge in [-0.25, -0.2) is 4.39 Å². The van der Waals surface area contributed by atoms with Gasteiger partial charge in [0.25, 0.3) is 0 Å². The van der Waals surface area contributed by atoms with E-state index in [-0.39, 0.29) is 11.9 Å². The number of benzene rings is 2. The first-order chi connectivity index (χ1) is 15.6. The molecule has 2 aliphatic rings. The molecule has 0 bridgehead atoms. The van der Waals surface area contributed by atoms with Gasteiger partial charge in [-0.15, -0.1) is 0 Å². The molecule has 0 aromatic heterocycles. The van der Waals surface area contributed by atoms with Gasteiger partial charge < -0.3 is 14.5 Å². The lowest BCUT2D eigenvalue weighted by atomic mass is 9.98. The molecule has 2 aromatic rings. The molecule has 0 aliphatic carbocycles. The third-order valence-corrected chi connectivity index (χ3v) is 6.84. The van der Waals surface area contributed by atoms with E-state index >= 15 is 0 Å². The minimum atomic E-state index is -0.278. The zero-order valence-electron chi connectivity index (χ0n) is 19.2. The van der Waals surface area contributed by atoms with Crippen molar-refractivity contribution in [3.05, 3.63) is 53.8 Å². The molecule has 2 aromatic carbocycles. The molecule has 1 unspecified atom stereocenters. The van der Waals surface area contributed by atoms with Gasteiger partial charge in [-0.3, -0.25) is 9.69 Å². The third kappa shape index (κ3) is 5.13. The average molecular weight is 440 g/mol. The van der Waals surface area contributed by atoms with Crippen LogP contribution in [0, 0.1) is 5.82 Å². The Kier molecular flexibility index (Phi) is 7.43. The zero-order valence-corrected chi connectivity index (χ0v) is 19.2. The zero-order chi connectivity index (χ0) is 22.5. The van der Waals surface area contributed by atoms with Crippen LogP contribution in [0.5, 0.6) is 5.75 Å². The number of carbonyl (C=O) groups excluding carboxylic acids is 1. The Morgan fingerprint density at radius 2 is 1.78 bits per heavy atom. The van der Waals surface area contributed by atoms with E-state index < -0.39 is 0 Å². The van der Waals surface area contributed by atoms with Gasteiger partial charge in [0.15, 0.2) is 0 Å². The Labute approximate surface area is 190 Å². The van der Waals surface area contributed by atoms with E-state index in [1.165, 1.54) is 17.7 Å². The molecule has 1 amide bonds. The topological polar surface area (TPSA) is 36.0 Å². The second-order valence-corrected chi connectivity index (χ2v) is 8.78. The molecule has 1 atom stereocenters. The van der Waals surface area contributed by atoms with Gasteiger partial charge in [0.2, 0.25) is 5.91 Å². The molecule has 4 rings (SSSR count). The van der Waals surface area contributed by atoms with Gasteiger partial charge in [0.05, 0.1) is 13.2 Å². The van der Waals surface area contributed by atoms with Crippen molar-refractivity contribution < 1.29 is 13.9 Å². The lowest BCUT2D eigenvalue weighted by Crippen LogP contribution is -2.55. The molecule has 0 N–H and O–H groups in total. The molecule has 2 saturated heterocycles. The number of carbonyl (C=O) groups is 1. The highest BCUT2D eigenvalue weighted by Crippen LogP contribution is 2.31. The first kappa shape index (κ1) is 22.7. The van der Waals surface area contributed by atoms with Gasteiger partial charge in [-0.2, -0.15) is 0 Å². The number of rotatable bonds is 6. The van der Waals surface area contributed by atoms with Crippen LogP contribution in [0.3, 0.4) is 0 Å². The van der Waals surface area contributed by atoms with Crippen LogP contribution in [0.25, 0.3) is 11.1 Å². The molecule has 2 aliphatic heterocycles. The maximum atomic E-state index is 13.8. The van der Waals surface area contributed by atoms with Gasteiger partial charge in [0.1, 0.15) is 11.6 Å². The molecule has 172 valence electrons. The summed E-state index contributed by atoms with van der Waals surface area (Å²) in [6.07, 6.45) is 3.18. The summed E-state index contributed by atoms with van der Waals surface area (Å²) < 4.78 is 19.2. The number of methoxy groups -OCH3 is 1. The smallest absolute Gasteiger partial charge is 0.240 e. The SMILES string of the molecule is CCN1CCN(C(=O)C2CCCCN2Cc2ccc(-c3cc(F)ccc3OC)cc2)CC1. The van der Waals surface area contributed by atoms with Crippen LogP contribution in [0.2, 0.25) is 0 Å². The number of halogens is 1. The molecule has 32 heavy (non-hydrogen) atoms. The highest BCUT2D eigenvalue weighted by molar-refractivity contribution is 5.82. The van der Waals surface area contributed by atoms with Crippen molar-refractivity contribution in [2.45, 2.75) is 38.8 Å². The fourth-order valence-electron chi connectivity index (χ4n) is 4.89. The minimum absolute atomic E-state index is 0.0279. The van der Waals surface area contributed by atoms with E-state index in [9.17, 15) is 9.18 Å². The molecule has 0 spiro atoms. The van der Waals surface area contributed by atoms with E-state index in [0.29, 0.717) is 11.7 Å². The first-order valence-corrected chi connectivity index (χ1v) is 11.8. The number of piperidine rings is 1. The molecular formula is C26H34FN3O2. The Morgan fingerprint density at radius 1 is 1.03 bits per heavy atom. The van der Waals surface area contributed by atoms with Gasteiger partial charge >= 0.3 is 0 Å². The predicted molar refractivity (Wildman–Crippen MR) is 125 cm³/mol. The van der Waals surface area contributed by atoms with Crippen molar-refractivity contribution in [3.63, 3.8) is 0 Å². The quantitative estimate of drug-likeness (QED) is 0.681. The van der Waals surface area contributed by atoms with Crippen molar-refractivity contribution >= 4 is 5.91 Å². The van der Waals surface area contributed by atoms with Crippen LogP contribution in [0.15, 0.2) is 42.5 Å². The maximum absolute atomic E-state index is 13.8. The number of amides is 1. The Balaban J connectivity index is 1.44. The summed E-state index contributed by atoms with van der Waals surface area (Å²) in [5.74, 6) is 0.671. The van der Waals surface area contributed by atoms with Gasteiger partial charge in [0, 0.05) is 38.3 Å². The van der Waals surface area contributed by atoms with E-state index in [2.05, 4.69) is 33.8 Å². The standard InChI is InChI=1S/C26H34FN3O2/c1-3-28-14-16-29(17-15-28)26(31)24-6-4-5-13-30(24)19-20-7-9-21(10-8-20)23-18-22(27)11-12-25(23)32-2/h7-12,18,24H,3-6,13-17,19H2,1-2H3. The van der Waals surface area contributed by atoms with Crippen LogP contribution in [-0.4, -0.2) is 73.0 Å². The molecule has 5 nitrogen and oxygen atoms in total. The number of ether oxygens (including phenoxy) is 1. The summed E-state index contributed by atoms with van der Waals surface area (Å²) in [5, 5.41) is 0.